The highest BCUT2D eigenvalue weighted by molar-refractivity contribution is 7.99. The van der Waals surface area contributed by atoms with E-state index in [-0.39, 0.29) is 24.3 Å². The average molecular weight is 648 g/mol. The quantitative estimate of drug-likeness (QED) is 0.185. The zero-order valence-corrected chi connectivity index (χ0v) is 28.0. The number of aliphatic hydroxyl groups excluding tert-OH is 1. The Hall–Kier alpha value is -4.06. The third kappa shape index (κ3) is 9.48. The van der Waals surface area contributed by atoms with E-state index in [9.17, 15) is 19.5 Å². The van der Waals surface area contributed by atoms with Crippen LogP contribution in [0.25, 0.3) is 11.1 Å². The molecule has 10 nitrogen and oxygen atoms in total. The van der Waals surface area contributed by atoms with E-state index < -0.39 is 17.7 Å². The summed E-state index contributed by atoms with van der Waals surface area (Å²) in [5.74, 6) is 0.639. The SMILES string of the molecule is CCNC(=O)NCc1ccccc1-c1ccc(CN2C(=O)[C@H](NC(=O)CC(C)(C)NC[C@@H](C)O)CSc3cc(OC)ccc32)cc1. The van der Waals surface area contributed by atoms with E-state index in [1.54, 1.807) is 18.9 Å². The lowest BCUT2D eigenvalue weighted by atomic mass is 9.98. The van der Waals surface area contributed by atoms with Crippen LogP contribution >= 0.6 is 11.8 Å². The van der Waals surface area contributed by atoms with Crippen molar-refractivity contribution in [1.29, 1.82) is 0 Å². The molecule has 0 aromatic heterocycles. The number of urea groups is 1. The molecule has 0 saturated carbocycles. The van der Waals surface area contributed by atoms with Crippen molar-refractivity contribution >= 4 is 35.3 Å². The molecule has 0 unspecified atom stereocenters. The summed E-state index contributed by atoms with van der Waals surface area (Å²) in [6, 6.07) is 20.7. The van der Waals surface area contributed by atoms with Gasteiger partial charge in [0.15, 0.2) is 0 Å². The van der Waals surface area contributed by atoms with Gasteiger partial charge in [0.2, 0.25) is 5.91 Å². The van der Waals surface area contributed by atoms with Gasteiger partial charge in [-0.1, -0.05) is 48.5 Å². The third-order valence-electron chi connectivity index (χ3n) is 7.64. The Labute approximate surface area is 275 Å². The molecule has 46 heavy (non-hydrogen) atoms. The van der Waals surface area contributed by atoms with Crippen molar-refractivity contribution in [3.63, 3.8) is 0 Å². The number of amides is 4. The summed E-state index contributed by atoms with van der Waals surface area (Å²) in [6.45, 7) is 8.98. The summed E-state index contributed by atoms with van der Waals surface area (Å²) in [5, 5.41) is 21.5. The molecule has 1 heterocycles. The number of thioether (sulfide) groups is 1. The lowest BCUT2D eigenvalue weighted by molar-refractivity contribution is -0.127. The first-order chi connectivity index (χ1) is 22.0. The number of rotatable bonds is 13. The number of methoxy groups -OCH3 is 1. The predicted molar refractivity (Wildman–Crippen MR) is 183 cm³/mol. The van der Waals surface area contributed by atoms with E-state index >= 15 is 0 Å². The van der Waals surface area contributed by atoms with Crippen LogP contribution in [-0.2, 0) is 22.7 Å². The van der Waals surface area contributed by atoms with Crippen molar-refractivity contribution in [2.45, 2.75) is 69.8 Å². The van der Waals surface area contributed by atoms with Gasteiger partial charge < -0.3 is 36.0 Å². The number of carbonyl (C=O) groups excluding carboxylic acids is 3. The molecule has 1 aliphatic rings. The standard InChI is InChI=1S/C35H45N5O5S/c1-6-36-34(44)37-20-26-9-7-8-10-28(26)25-13-11-24(12-14-25)21-40-30-16-15-27(45-5)17-31(30)46-22-29(33(40)43)39-32(42)18-35(3,4)38-19-23(2)41/h7-17,23,29,38,41H,6,18-22H2,1-5H3,(H,39,42)(H2,36,37,44)/t23-,29-/m1/s1. The maximum Gasteiger partial charge on any atom is 0.315 e. The smallest absolute Gasteiger partial charge is 0.315 e. The molecule has 1 aliphatic heterocycles. The monoisotopic (exact) mass is 647 g/mol. The van der Waals surface area contributed by atoms with E-state index in [1.165, 1.54) is 11.8 Å². The first-order valence-corrected chi connectivity index (χ1v) is 16.5. The summed E-state index contributed by atoms with van der Waals surface area (Å²) >= 11 is 1.51. The molecule has 0 bridgehead atoms. The van der Waals surface area contributed by atoms with Gasteiger partial charge in [-0.3, -0.25) is 9.59 Å². The highest BCUT2D eigenvalue weighted by Crippen LogP contribution is 2.38. The first-order valence-electron chi connectivity index (χ1n) is 15.5. The van der Waals surface area contributed by atoms with E-state index in [0.29, 0.717) is 37.7 Å². The van der Waals surface area contributed by atoms with Crippen molar-refractivity contribution < 1.29 is 24.2 Å². The Morgan fingerprint density at radius 3 is 2.52 bits per heavy atom. The van der Waals surface area contributed by atoms with Crippen molar-refractivity contribution in [3.8, 4) is 16.9 Å². The van der Waals surface area contributed by atoms with E-state index in [0.717, 1.165) is 32.8 Å². The first kappa shape index (κ1) is 34.8. The van der Waals surface area contributed by atoms with Crippen molar-refractivity contribution in [2.24, 2.45) is 0 Å². The van der Waals surface area contributed by atoms with Gasteiger partial charge in [0.05, 0.1) is 25.4 Å². The number of ether oxygens (including phenoxy) is 1. The minimum atomic E-state index is -0.730. The van der Waals surface area contributed by atoms with Crippen LogP contribution in [0, 0.1) is 0 Å². The van der Waals surface area contributed by atoms with E-state index in [2.05, 4.69) is 21.3 Å². The number of β-amino-alcohol motifs (C(OH)–C–C–N with tert-alkyl or cyclic N) is 1. The van der Waals surface area contributed by atoms with Crippen LogP contribution in [0.5, 0.6) is 5.75 Å². The maximum absolute atomic E-state index is 14.1. The second-order valence-corrected chi connectivity index (χ2v) is 13.1. The normalized spacial score (nSPS) is 15.4. The molecule has 0 spiro atoms. The molecule has 5 N–H and O–H groups in total. The van der Waals surface area contributed by atoms with Crippen LogP contribution in [-0.4, -0.2) is 66.6 Å². The van der Waals surface area contributed by atoms with Gasteiger partial charge in [0.1, 0.15) is 11.8 Å². The Morgan fingerprint density at radius 1 is 1.09 bits per heavy atom. The summed E-state index contributed by atoms with van der Waals surface area (Å²) in [5.41, 5.74) is 4.13. The molecule has 0 aliphatic carbocycles. The number of aliphatic hydroxyl groups is 1. The summed E-state index contributed by atoms with van der Waals surface area (Å²) < 4.78 is 5.46. The minimum absolute atomic E-state index is 0.149. The summed E-state index contributed by atoms with van der Waals surface area (Å²) in [6.07, 6.45) is -0.387. The second-order valence-electron chi connectivity index (χ2n) is 12.0. The summed E-state index contributed by atoms with van der Waals surface area (Å²) in [4.78, 5) is 41.8. The Bertz CT molecular complexity index is 1510. The zero-order valence-electron chi connectivity index (χ0n) is 27.2. The number of fused-ring (bicyclic) bond motifs is 1. The average Bonchev–Trinajstić information content (AvgIpc) is 3.15. The van der Waals surface area contributed by atoms with Gasteiger partial charge in [-0.15, -0.1) is 11.8 Å². The molecule has 246 valence electrons. The molecule has 0 saturated heterocycles. The van der Waals surface area contributed by atoms with Crippen molar-refractivity contribution in [1.82, 2.24) is 21.3 Å². The molecule has 0 radical (unpaired) electrons. The van der Waals surface area contributed by atoms with Crippen LogP contribution in [0.3, 0.4) is 0 Å². The molecule has 3 aromatic rings. The lowest BCUT2D eigenvalue weighted by Gasteiger charge is -2.29. The van der Waals surface area contributed by atoms with Gasteiger partial charge in [-0.25, -0.2) is 4.79 Å². The topological polar surface area (TPSA) is 132 Å². The number of hydrogen-bond acceptors (Lipinski definition) is 7. The largest absolute Gasteiger partial charge is 0.497 e. The number of hydrogen-bond donors (Lipinski definition) is 5. The Morgan fingerprint density at radius 2 is 1.83 bits per heavy atom. The Balaban J connectivity index is 1.54. The lowest BCUT2D eigenvalue weighted by Crippen LogP contribution is -2.52. The second kappa shape index (κ2) is 16.0. The van der Waals surface area contributed by atoms with Gasteiger partial charge in [0.25, 0.3) is 5.91 Å². The highest BCUT2D eigenvalue weighted by Gasteiger charge is 2.33. The fraction of sp³-hybridized carbons (Fsp3) is 0.400. The number of anilines is 1. The third-order valence-corrected chi connectivity index (χ3v) is 8.78. The van der Waals surface area contributed by atoms with Crippen molar-refractivity contribution in [2.75, 3.05) is 30.9 Å². The molecule has 3 aromatic carbocycles. The van der Waals surface area contributed by atoms with Gasteiger partial charge in [-0.2, -0.15) is 0 Å². The minimum Gasteiger partial charge on any atom is -0.497 e. The van der Waals surface area contributed by atoms with E-state index in [1.807, 2.05) is 87.5 Å². The van der Waals surface area contributed by atoms with Crippen LogP contribution < -0.4 is 30.9 Å². The maximum atomic E-state index is 14.1. The van der Waals surface area contributed by atoms with Gasteiger partial charge in [0, 0.05) is 42.2 Å². The zero-order chi connectivity index (χ0) is 33.3. The molecular weight excluding hydrogens is 602 g/mol. The fourth-order valence-corrected chi connectivity index (χ4v) is 6.34. The molecule has 4 rings (SSSR count). The van der Waals surface area contributed by atoms with E-state index in [4.69, 9.17) is 4.74 Å². The van der Waals surface area contributed by atoms with Gasteiger partial charge >= 0.3 is 6.03 Å². The van der Waals surface area contributed by atoms with Crippen LogP contribution in [0.1, 0.15) is 45.2 Å². The molecular formula is C35H45N5O5S. The fourth-order valence-electron chi connectivity index (χ4n) is 5.24. The number of nitrogens with one attached hydrogen (secondary N) is 4. The molecule has 2 atom stereocenters. The number of carbonyl (C=O) groups is 3. The molecule has 4 amide bonds. The predicted octanol–water partition coefficient (Wildman–Crippen LogP) is 4.44. The van der Waals surface area contributed by atoms with Crippen LogP contribution in [0.4, 0.5) is 10.5 Å². The Kier molecular flexibility index (Phi) is 12.1. The molecule has 11 heteroatoms. The van der Waals surface area contributed by atoms with Crippen molar-refractivity contribution in [3.05, 3.63) is 77.9 Å². The van der Waals surface area contributed by atoms with Crippen LogP contribution in [0.15, 0.2) is 71.6 Å². The summed E-state index contributed by atoms with van der Waals surface area (Å²) in [7, 11) is 1.61. The van der Waals surface area contributed by atoms with Gasteiger partial charge in [-0.05, 0) is 68.1 Å². The number of nitrogens with zero attached hydrogens (tertiary/aromatic N) is 1. The van der Waals surface area contributed by atoms with Crippen LogP contribution in [0.2, 0.25) is 0 Å². The molecule has 0 fully saturated rings. The number of benzene rings is 3. The highest BCUT2D eigenvalue weighted by atomic mass is 32.2.